The predicted molar refractivity (Wildman–Crippen MR) is 35.8 cm³/mol. The Hall–Kier alpha value is -0.900. The Morgan fingerprint density at radius 1 is 1.80 bits per heavy atom. The molecule has 0 fully saturated rings. The van der Waals surface area contributed by atoms with Crippen LogP contribution in [-0.4, -0.2) is 9.78 Å². The van der Waals surface area contributed by atoms with Gasteiger partial charge in [-0.15, -0.1) is 0 Å². The minimum absolute atomic E-state index is 0.322. The van der Waals surface area contributed by atoms with Crippen LogP contribution in [0.25, 0.3) is 0 Å². The molecule has 3 nitrogen and oxygen atoms in total. The molecule has 0 aliphatic carbocycles. The number of halogens is 1. The summed E-state index contributed by atoms with van der Waals surface area (Å²) in [6, 6.07) is -0.332. The third kappa shape index (κ3) is 1.16. The summed E-state index contributed by atoms with van der Waals surface area (Å²) in [5.74, 6) is -0.336. The molecule has 1 aromatic heterocycles. The molecule has 0 spiro atoms. The van der Waals surface area contributed by atoms with Gasteiger partial charge < -0.3 is 5.73 Å². The Bertz CT molecular complexity index is 229. The molecule has 1 atom stereocenters. The Labute approximate surface area is 58.6 Å². The summed E-state index contributed by atoms with van der Waals surface area (Å²) in [7, 11) is 1.66. The monoisotopic (exact) mass is 143 g/mol. The summed E-state index contributed by atoms with van der Waals surface area (Å²) in [6.07, 6.45) is 1.30. The SMILES string of the molecule is C[C@@H](N)c1nn(C)cc1F. The first kappa shape index (κ1) is 7.21. The van der Waals surface area contributed by atoms with Gasteiger partial charge in [-0.3, -0.25) is 4.68 Å². The Morgan fingerprint density at radius 3 is 2.60 bits per heavy atom. The molecule has 0 radical (unpaired) electrons. The van der Waals surface area contributed by atoms with Crippen LogP contribution in [0.5, 0.6) is 0 Å². The molecule has 0 aromatic carbocycles. The van der Waals surface area contributed by atoms with E-state index in [0.29, 0.717) is 5.69 Å². The van der Waals surface area contributed by atoms with Crippen molar-refractivity contribution < 1.29 is 4.39 Å². The normalized spacial score (nSPS) is 13.6. The highest BCUT2D eigenvalue weighted by Crippen LogP contribution is 2.10. The molecule has 10 heavy (non-hydrogen) atoms. The third-order valence-corrected chi connectivity index (χ3v) is 1.24. The van der Waals surface area contributed by atoms with Gasteiger partial charge in [0.25, 0.3) is 0 Å². The Kier molecular flexibility index (Phi) is 1.72. The number of aryl methyl sites for hydroxylation is 1. The van der Waals surface area contributed by atoms with Gasteiger partial charge in [-0.1, -0.05) is 0 Å². The molecule has 0 bridgehead atoms. The summed E-state index contributed by atoms with van der Waals surface area (Å²) in [5, 5.41) is 3.83. The van der Waals surface area contributed by atoms with Crippen molar-refractivity contribution in [2.75, 3.05) is 0 Å². The van der Waals surface area contributed by atoms with Gasteiger partial charge in [-0.25, -0.2) is 4.39 Å². The fourth-order valence-corrected chi connectivity index (χ4v) is 0.785. The van der Waals surface area contributed by atoms with Gasteiger partial charge in [0.2, 0.25) is 0 Å². The summed E-state index contributed by atoms with van der Waals surface area (Å²) < 4.78 is 14.1. The van der Waals surface area contributed by atoms with E-state index in [4.69, 9.17) is 5.73 Å². The zero-order valence-corrected chi connectivity index (χ0v) is 6.00. The summed E-state index contributed by atoms with van der Waals surface area (Å²) >= 11 is 0. The highest BCUT2D eigenvalue weighted by Gasteiger charge is 2.09. The summed E-state index contributed by atoms with van der Waals surface area (Å²) in [6.45, 7) is 1.70. The molecule has 56 valence electrons. The molecular weight excluding hydrogens is 133 g/mol. The van der Waals surface area contributed by atoms with Crippen LogP contribution < -0.4 is 5.73 Å². The number of hydrogen-bond acceptors (Lipinski definition) is 2. The number of hydrogen-bond donors (Lipinski definition) is 1. The van der Waals surface area contributed by atoms with Crippen molar-refractivity contribution in [2.24, 2.45) is 12.8 Å². The number of nitrogens with zero attached hydrogens (tertiary/aromatic N) is 2. The maximum absolute atomic E-state index is 12.7. The lowest BCUT2D eigenvalue weighted by molar-refractivity contribution is 0.591. The average molecular weight is 143 g/mol. The van der Waals surface area contributed by atoms with Crippen LogP contribution >= 0.6 is 0 Å². The first-order valence-corrected chi connectivity index (χ1v) is 3.06. The van der Waals surface area contributed by atoms with E-state index in [1.807, 2.05) is 0 Å². The van der Waals surface area contributed by atoms with Crippen LogP contribution in [0.1, 0.15) is 18.7 Å². The molecule has 2 N–H and O–H groups in total. The second-order valence-electron chi connectivity index (χ2n) is 2.32. The van der Waals surface area contributed by atoms with Gasteiger partial charge >= 0.3 is 0 Å². The lowest BCUT2D eigenvalue weighted by Crippen LogP contribution is -2.07. The smallest absolute Gasteiger partial charge is 0.165 e. The molecule has 0 unspecified atom stereocenters. The molecule has 0 aliphatic heterocycles. The van der Waals surface area contributed by atoms with Gasteiger partial charge in [0.15, 0.2) is 5.82 Å². The number of aromatic nitrogens is 2. The standard InChI is InChI=1S/C6H10FN3/c1-4(8)6-5(7)3-10(2)9-6/h3-4H,8H2,1-2H3/t4-/m1/s1. The second kappa shape index (κ2) is 2.38. The highest BCUT2D eigenvalue weighted by atomic mass is 19.1. The largest absolute Gasteiger partial charge is 0.323 e. The van der Waals surface area contributed by atoms with Gasteiger partial charge in [-0.2, -0.15) is 5.10 Å². The summed E-state index contributed by atoms with van der Waals surface area (Å²) in [4.78, 5) is 0. The second-order valence-corrected chi connectivity index (χ2v) is 2.32. The topological polar surface area (TPSA) is 43.8 Å². The number of rotatable bonds is 1. The van der Waals surface area contributed by atoms with Gasteiger partial charge in [0.05, 0.1) is 6.20 Å². The molecule has 0 saturated heterocycles. The Morgan fingerprint density at radius 2 is 2.40 bits per heavy atom. The van der Waals surface area contributed by atoms with Gasteiger partial charge in [-0.05, 0) is 6.92 Å². The average Bonchev–Trinajstić information content (AvgIpc) is 2.10. The molecule has 1 rings (SSSR count). The van der Waals surface area contributed by atoms with Crippen molar-refractivity contribution in [3.8, 4) is 0 Å². The van der Waals surface area contributed by atoms with E-state index in [0.717, 1.165) is 0 Å². The van der Waals surface area contributed by atoms with Gasteiger partial charge in [0.1, 0.15) is 5.69 Å². The van der Waals surface area contributed by atoms with Crippen LogP contribution in [0.2, 0.25) is 0 Å². The fraction of sp³-hybridized carbons (Fsp3) is 0.500. The first-order chi connectivity index (χ1) is 4.61. The minimum atomic E-state index is -0.336. The molecular formula is C6H10FN3. The first-order valence-electron chi connectivity index (χ1n) is 3.06. The third-order valence-electron chi connectivity index (χ3n) is 1.24. The van der Waals surface area contributed by atoms with E-state index in [1.165, 1.54) is 10.9 Å². The highest BCUT2D eigenvalue weighted by molar-refractivity contribution is 5.06. The fourth-order valence-electron chi connectivity index (χ4n) is 0.785. The molecule has 1 aromatic rings. The van der Waals surface area contributed by atoms with Crippen LogP contribution in [0.3, 0.4) is 0 Å². The van der Waals surface area contributed by atoms with Crippen molar-refractivity contribution in [3.05, 3.63) is 17.7 Å². The van der Waals surface area contributed by atoms with Crippen molar-refractivity contribution in [2.45, 2.75) is 13.0 Å². The van der Waals surface area contributed by atoms with Crippen LogP contribution in [0.4, 0.5) is 4.39 Å². The van der Waals surface area contributed by atoms with Crippen molar-refractivity contribution in [1.82, 2.24) is 9.78 Å². The molecule has 1 heterocycles. The van der Waals surface area contributed by atoms with E-state index in [1.54, 1.807) is 14.0 Å². The van der Waals surface area contributed by atoms with Crippen molar-refractivity contribution >= 4 is 0 Å². The summed E-state index contributed by atoms with van der Waals surface area (Å²) in [5.41, 5.74) is 5.73. The molecule has 4 heteroatoms. The van der Waals surface area contributed by atoms with Crippen LogP contribution in [-0.2, 0) is 7.05 Å². The van der Waals surface area contributed by atoms with E-state index in [2.05, 4.69) is 5.10 Å². The lowest BCUT2D eigenvalue weighted by Gasteiger charge is -1.97. The number of nitrogens with two attached hydrogens (primary N) is 1. The van der Waals surface area contributed by atoms with E-state index in [9.17, 15) is 4.39 Å². The maximum Gasteiger partial charge on any atom is 0.165 e. The van der Waals surface area contributed by atoms with E-state index < -0.39 is 0 Å². The zero-order valence-electron chi connectivity index (χ0n) is 6.00. The minimum Gasteiger partial charge on any atom is -0.323 e. The van der Waals surface area contributed by atoms with Crippen LogP contribution in [0.15, 0.2) is 6.20 Å². The maximum atomic E-state index is 12.7. The van der Waals surface area contributed by atoms with Crippen molar-refractivity contribution in [1.29, 1.82) is 0 Å². The quantitative estimate of drug-likeness (QED) is 0.625. The van der Waals surface area contributed by atoms with Crippen molar-refractivity contribution in [3.63, 3.8) is 0 Å². The molecule has 0 amide bonds. The molecule has 0 aliphatic rings. The zero-order chi connectivity index (χ0) is 7.72. The lowest BCUT2D eigenvalue weighted by atomic mass is 10.2. The van der Waals surface area contributed by atoms with E-state index in [-0.39, 0.29) is 11.9 Å². The van der Waals surface area contributed by atoms with Crippen LogP contribution in [0, 0.1) is 5.82 Å². The predicted octanol–water partition coefficient (Wildman–Crippen LogP) is 0.579. The van der Waals surface area contributed by atoms with E-state index >= 15 is 0 Å². The Balaban J connectivity index is 3.03. The molecule has 0 saturated carbocycles. The van der Waals surface area contributed by atoms with Gasteiger partial charge in [0, 0.05) is 13.1 Å².